The van der Waals surface area contributed by atoms with Crippen LogP contribution in [-0.4, -0.2) is 79.8 Å². The lowest BCUT2D eigenvalue weighted by atomic mass is 9.96. The summed E-state index contributed by atoms with van der Waals surface area (Å²) in [7, 11) is -0.493. The van der Waals surface area contributed by atoms with Gasteiger partial charge in [0.25, 0.3) is 0 Å². The van der Waals surface area contributed by atoms with Crippen molar-refractivity contribution in [2.24, 2.45) is 5.92 Å². The minimum absolute atomic E-state index is 0.114. The zero-order valence-corrected chi connectivity index (χ0v) is 21.2. The molecule has 1 aromatic carbocycles. The van der Waals surface area contributed by atoms with E-state index in [0.29, 0.717) is 37.5 Å². The van der Waals surface area contributed by atoms with Crippen molar-refractivity contribution in [1.82, 2.24) is 18.8 Å². The molecule has 1 aromatic heterocycles. The zero-order valence-electron chi connectivity index (χ0n) is 20.4. The summed E-state index contributed by atoms with van der Waals surface area (Å²) in [5, 5.41) is 0. The molecule has 0 radical (unpaired) electrons. The van der Waals surface area contributed by atoms with Gasteiger partial charge in [0.2, 0.25) is 15.9 Å². The second-order valence-corrected chi connectivity index (χ2v) is 11.5. The predicted molar refractivity (Wildman–Crippen MR) is 129 cm³/mol. The number of rotatable bonds is 9. The van der Waals surface area contributed by atoms with Crippen LogP contribution in [0.4, 0.5) is 0 Å². The number of nitrogens with zero attached hydrogens (tertiary/aromatic N) is 4. The number of benzene rings is 1. The molecule has 2 aliphatic rings. The minimum Gasteiger partial charge on any atom is -0.350 e. The Hall–Kier alpha value is -2.01. The number of hydrogen-bond acceptors (Lipinski definition) is 6. The lowest BCUT2D eigenvalue weighted by Crippen LogP contribution is -2.41. The van der Waals surface area contributed by atoms with Crippen LogP contribution in [0, 0.1) is 5.92 Å². The summed E-state index contributed by atoms with van der Waals surface area (Å²) in [6.07, 6.45) is 4.62. The van der Waals surface area contributed by atoms with Crippen LogP contribution in [0.2, 0.25) is 0 Å². The number of piperidine rings is 1. The molecule has 0 saturated carbocycles. The highest BCUT2D eigenvalue weighted by Gasteiger charge is 2.31. The van der Waals surface area contributed by atoms with Crippen molar-refractivity contribution >= 4 is 27.0 Å². The van der Waals surface area contributed by atoms with E-state index in [1.165, 1.54) is 18.4 Å². The molecular formula is C24H36N4O5S. The predicted octanol–water partition coefficient (Wildman–Crippen LogP) is 2.63. The van der Waals surface area contributed by atoms with E-state index in [4.69, 9.17) is 14.5 Å². The number of unbranched alkanes of at least 4 members (excludes halogenated alkanes) is 1. The molecule has 0 N–H and O–H groups in total. The summed E-state index contributed by atoms with van der Waals surface area (Å²) < 4.78 is 39.7. The van der Waals surface area contributed by atoms with Crippen LogP contribution in [0.3, 0.4) is 0 Å². The van der Waals surface area contributed by atoms with Gasteiger partial charge in [-0.05, 0) is 37.5 Å². The van der Waals surface area contributed by atoms with E-state index in [2.05, 4.69) is 11.5 Å². The van der Waals surface area contributed by atoms with Crippen molar-refractivity contribution in [3.05, 3.63) is 24.0 Å². The van der Waals surface area contributed by atoms with E-state index >= 15 is 0 Å². The van der Waals surface area contributed by atoms with E-state index in [1.54, 1.807) is 12.1 Å². The van der Waals surface area contributed by atoms with Crippen molar-refractivity contribution < 1.29 is 22.7 Å². The molecule has 0 unspecified atom stereocenters. The second-order valence-electron chi connectivity index (χ2n) is 9.30. The van der Waals surface area contributed by atoms with Crippen LogP contribution in [0.25, 0.3) is 11.0 Å². The molecule has 1 amide bonds. The normalized spacial score (nSPS) is 18.4. The molecule has 2 fully saturated rings. The van der Waals surface area contributed by atoms with Crippen LogP contribution >= 0.6 is 0 Å². The molecule has 2 saturated heterocycles. The Balaban J connectivity index is 1.45. The van der Waals surface area contributed by atoms with E-state index < -0.39 is 10.0 Å². The van der Waals surface area contributed by atoms with Crippen LogP contribution in [0.1, 0.15) is 44.9 Å². The molecule has 0 aliphatic carbocycles. The summed E-state index contributed by atoms with van der Waals surface area (Å²) in [5.74, 6) is 1.33. The van der Waals surface area contributed by atoms with Crippen molar-refractivity contribution in [3.63, 3.8) is 0 Å². The Morgan fingerprint density at radius 3 is 2.53 bits per heavy atom. The van der Waals surface area contributed by atoms with Gasteiger partial charge in [-0.2, -0.15) is 0 Å². The van der Waals surface area contributed by atoms with Gasteiger partial charge in [-0.1, -0.05) is 13.3 Å². The summed E-state index contributed by atoms with van der Waals surface area (Å²) in [4.78, 5) is 19.9. The smallest absolute Gasteiger partial charge is 0.242 e. The Morgan fingerprint density at radius 1 is 1.18 bits per heavy atom. The van der Waals surface area contributed by atoms with Crippen LogP contribution in [0.15, 0.2) is 23.1 Å². The number of likely N-dealkylation sites (tertiary alicyclic amines) is 1. The molecule has 2 aliphatic heterocycles. The highest BCUT2D eigenvalue weighted by molar-refractivity contribution is 7.89. The quantitative estimate of drug-likeness (QED) is 0.534. The number of carbonyl (C=O) groups is 1. The Kier molecular flexibility index (Phi) is 7.91. The number of fused-ring (bicyclic) bond motifs is 1. The summed E-state index contributed by atoms with van der Waals surface area (Å²) in [6, 6.07) is 5.10. The van der Waals surface area contributed by atoms with Crippen molar-refractivity contribution in [2.45, 2.75) is 63.2 Å². The summed E-state index contributed by atoms with van der Waals surface area (Å²) in [6.45, 7) is 5.70. The number of imidazole rings is 1. The van der Waals surface area contributed by atoms with Crippen LogP contribution < -0.4 is 0 Å². The first-order valence-electron chi connectivity index (χ1n) is 12.2. The van der Waals surface area contributed by atoms with Gasteiger partial charge in [0.1, 0.15) is 5.82 Å². The van der Waals surface area contributed by atoms with Gasteiger partial charge in [-0.25, -0.2) is 17.7 Å². The van der Waals surface area contributed by atoms with E-state index in [-0.39, 0.29) is 17.1 Å². The number of aryl methyl sites for hydroxylation is 2. The van der Waals surface area contributed by atoms with Crippen molar-refractivity contribution in [1.29, 1.82) is 0 Å². The number of ether oxygens (including phenoxy) is 2. The van der Waals surface area contributed by atoms with E-state index in [9.17, 15) is 13.2 Å². The molecule has 34 heavy (non-hydrogen) atoms. The van der Waals surface area contributed by atoms with Crippen LogP contribution in [-0.2, 0) is 37.3 Å². The monoisotopic (exact) mass is 492 g/mol. The molecule has 2 aromatic rings. The molecule has 188 valence electrons. The van der Waals surface area contributed by atoms with E-state index in [1.807, 2.05) is 11.0 Å². The largest absolute Gasteiger partial charge is 0.350 e. The summed E-state index contributed by atoms with van der Waals surface area (Å²) in [5.41, 5.74) is 1.56. The molecule has 4 rings (SSSR count). The van der Waals surface area contributed by atoms with Crippen molar-refractivity contribution in [2.75, 3.05) is 40.4 Å². The van der Waals surface area contributed by atoms with Gasteiger partial charge in [-0.3, -0.25) is 4.79 Å². The Bertz CT molecular complexity index is 1100. The highest BCUT2D eigenvalue weighted by Crippen LogP contribution is 2.27. The number of carbonyl (C=O) groups excluding carboxylic acids is 1. The fraction of sp³-hybridized carbons (Fsp3) is 0.667. The van der Waals surface area contributed by atoms with Gasteiger partial charge in [0, 0.05) is 52.5 Å². The maximum atomic E-state index is 12.9. The average molecular weight is 493 g/mol. The van der Waals surface area contributed by atoms with Crippen molar-refractivity contribution in [3.8, 4) is 0 Å². The fourth-order valence-electron chi connectivity index (χ4n) is 4.73. The molecule has 0 spiro atoms. The molecular weight excluding hydrogens is 456 g/mol. The maximum absolute atomic E-state index is 12.9. The van der Waals surface area contributed by atoms with Gasteiger partial charge in [0.15, 0.2) is 6.29 Å². The average Bonchev–Trinajstić information content (AvgIpc) is 3.49. The SMILES string of the molecule is CCCCn1c(CCC(=O)N2CCC(C3OCCO3)CC2)nc2cc(S(=O)(=O)N(C)C)ccc21. The highest BCUT2D eigenvalue weighted by atomic mass is 32.2. The fourth-order valence-corrected chi connectivity index (χ4v) is 5.66. The zero-order chi connectivity index (χ0) is 24.3. The standard InChI is InChI=1S/C24H36N4O5S/c1-4-5-12-28-21-7-6-19(34(30,31)26(2)3)17-20(21)25-22(28)8-9-23(29)27-13-10-18(11-14-27)24-32-15-16-33-24/h6-7,17-18,24H,4-5,8-16H2,1-3H3. The molecule has 3 heterocycles. The third-order valence-corrected chi connectivity index (χ3v) is 8.61. The first-order chi connectivity index (χ1) is 16.3. The number of hydrogen-bond donors (Lipinski definition) is 0. The third-order valence-electron chi connectivity index (χ3n) is 6.80. The molecule has 10 heteroatoms. The molecule has 0 bridgehead atoms. The van der Waals surface area contributed by atoms with Gasteiger partial charge < -0.3 is 18.9 Å². The Morgan fingerprint density at radius 2 is 1.88 bits per heavy atom. The van der Waals surface area contributed by atoms with Gasteiger partial charge in [0.05, 0.1) is 29.1 Å². The Labute approximate surface area is 202 Å². The molecule has 9 nitrogen and oxygen atoms in total. The van der Waals surface area contributed by atoms with E-state index in [0.717, 1.165) is 56.7 Å². The lowest BCUT2D eigenvalue weighted by molar-refractivity contribution is -0.136. The first kappa shape index (κ1) is 25.1. The van der Waals surface area contributed by atoms with Gasteiger partial charge in [-0.15, -0.1) is 0 Å². The maximum Gasteiger partial charge on any atom is 0.242 e. The second kappa shape index (κ2) is 10.7. The first-order valence-corrected chi connectivity index (χ1v) is 13.7. The summed E-state index contributed by atoms with van der Waals surface area (Å²) >= 11 is 0. The number of aromatic nitrogens is 2. The number of amides is 1. The lowest BCUT2D eigenvalue weighted by Gasteiger charge is -2.33. The minimum atomic E-state index is -3.53. The topological polar surface area (TPSA) is 94.0 Å². The number of sulfonamides is 1. The van der Waals surface area contributed by atoms with Crippen LogP contribution in [0.5, 0.6) is 0 Å². The molecule has 0 atom stereocenters. The van der Waals surface area contributed by atoms with Gasteiger partial charge >= 0.3 is 0 Å². The third kappa shape index (κ3) is 5.30.